The van der Waals surface area contributed by atoms with Crippen LogP contribution in [0.2, 0.25) is 0 Å². The lowest BCUT2D eigenvalue weighted by Gasteiger charge is -2.38. The Bertz CT molecular complexity index is 871. The van der Waals surface area contributed by atoms with E-state index in [-0.39, 0.29) is 11.8 Å². The summed E-state index contributed by atoms with van der Waals surface area (Å²) in [4.78, 5) is 4.56. The summed E-state index contributed by atoms with van der Waals surface area (Å²) >= 11 is 0. The van der Waals surface area contributed by atoms with E-state index in [9.17, 15) is 8.42 Å². The second kappa shape index (κ2) is 6.12. The molecule has 0 bridgehead atoms. The highest BCUT2D eigenvalue weighted by atomic mass is 32.2. The van der Waals surface area contributed by atoms with Crippen LogP contribution in [-0.2, 0) is 28.1 Å². The van der Waals surface area contributed by atoms with Crippen molar-refractivity contribution < 1.29 is 12.9 Å². The lowest BCUT2D eigenvalue weighted by atomic mass is 9.70. The Morgan fingerprint density at radius 1 is 1.32 bits per heavy atom. The van der Waals surface area contributed by atoms with Crippen molar-refractivity contribution >= 4 is 15.5 Å². The minimum absolute atomic E-state index is 0.105. The van der Waals surface area contributed by atoms with Crippen LogP contribution in [0.5, 0.6) is 0 Å². The molecule has 134 valence electrons. The standard InChI is InChI=1S/C18H23N3O3S/c1-25(22,23)12-18(9-4-10-18)17-20-16(24-21-17)11-14-8-7-13-5-2-3-6-15(13)19-14/h2-3,5-6,14,19H,4,7-12H2,1H3. The van der Waals surface area contributed by atoms with Gasteiger partial charge in [0.1, 0.15) is 9.84 Å². The molecule has 1 aromatic carbocycles. The minimum Gasteiger partial charge on any atom is -0.382 e. The summed E-state index contributed by atoms with van der Waals surface area (Å²) in [5.74, 6) is 1.26. The highest BCUT2D eigenvalue weighted by Gasteiger charge is 2.45. The summed E-state index contributed by atoms with van der Waals surface area (Å²) in [6.07, 6.45) is 6.63. The molecule has 7 heteroatoms. The Labute approximate surface area is 147 Å². The SMILES string of the molecule is CS(=O)(=O)CC1(c2noc(CC3CCc4ccccc4N3)n2)CCC1. The lowest BCUT2D eigenvalue weighted by molar-refractivity contribution is 0.247. The zero-order chi connectivity index (χ0) is 17.5. The molecule has 1 N–H and O–H groups in total. The zero-order valence-corrected chi connectivity index (χ0v) is 15.2. The summed E-state index contributed by atoms with van der Waals surface area (Å²) in [7, 11) is -3.08. The summed E-state index contributed by atoms with van der Waals surface area (Å²) in [6.45, 7) is 0. The molecule has 1 unspecified atom stereocenters. The van der Waals surface area contributed by atoms with E-state index in [1.54, 1.807) is 0 Å². The van der Waals surface area contributed by atoms with Crippen LogP contribution < -0.4 is 5.32 Å². The topological polar surface area (TPSA) is 85.1 Å². The molecule has 1 saturated carbocycles. The predicted molar refractivity (Wildman–Crippen MR) is 95.4 cm³/mol. The maximum atomic E-state index is 11.8. The lowest BCUT2D eigenvalue weighted by Crippen LogP contribution is -2.41. The van der Waals surface area contributed by atoms with Gasteiger partial charge in [0.05, 0.1) is 5.75 Å². The molecule has 6 nitrogen and oxygen atoms in total. The first-order valence-electron chi connectivity index (χ1n) is 8.79. The Balaban J connectivity index is 1.47. The number of nitrogens with zero attached hydrogens (tertiary/aromatic N) is 2. The number of para-hydroxylation sites is 1. The summed E-state index contributed by atoms with van der Waals surface area (Å²) in [5.41, 5.74) is 2.07. The first-order chi connectivity index (χ1) is 11.9. The molecule has 2 heterocycles. The molecule has 0 amide bonds. The molecule has 1 aliphatic heterocycles. The van der Waals surface area contributed by atoms with Crippen molar-refractivity contribution in [3.63, 3.8) is 0 Å². The van der Waals surface area contributed by atoms with Crippen LogP contribution in [0.15, 0.2) is 28.8 Å². The van der Waals surface area contributed by atoms with Crippen molar-refractivity contribution in [3.05, 3.63) is 41.5 Å². The fourth-order valence-corrected chi connectivity index (χ4v) is 5.38. The van der Waals surface area contributed by atoms with Crippen LogP contribution in [0.1, 0.15) is 43.0 Å². The van der Waals surface area contributed by atoms with E-state index in [0.717, 1.165) is 32.1 Å². The van der Waals surface area contributed by atoms with Gasteiger partial charge in [-0.1, -0.05) is 29.8 Å². The molecule has 25 heavy (non-hydrogen) atoms. The smallest absolute Gasteiger partial charge is 0.228 e. The third-order valence-electron chi connectivity index (χ3n) is 5.35. The van der Waals surface area contributed by atoms with E-state index in [1.807, 2.05) is 6.07 Å². The summed E-state index contributed by atoms with van der Waals surface area (Å²) in [5, 5.41) is 7.66. The third kappa shape index (κ3) is 3.42. The number of aryl methyl sites for hydroxylation is 1. The highest BCUT2D eigenvalue weighted by Crippen LogP contribution is 2.43. The number of hydrogen-bond acceptors (Lipinski definition) is 6. The normalized spacial score (nSPS) is 21.9. The average Bonchev–Trinajstić information content (AvgIpc) is 2.99. The van der Waals surface area contributed by atoms with Crippen molar-refractivity contribution in [2.45, 2.75) is 50.0 Å². The van der Waals surface area contributed by atoms with Gasteiger partial charge in [-0.15, -0.1) is 0 Å². The number of hydrogen-bond donors (Lipinski definition) is 1. The third-order valence-corrected chi connectivity index (χ3v) is 6.43. The highest BCUT2D eigenvalue weighted by molar-refractivity contribution is 7.90. The van der Waals surface area contributed by atoms with Gasteiger partial charge in [0, 0.05) is 29.8 Å². The molecule has 2 aromatic rings. The van der Waals surface area contributed by atoms with Crippen molar-refractivity contribution in [1.82, 2.24) is 10.1 Å². The van der Waals surface area contributed by atoms with Gasteiger partial charge in [-0.3, -0.25) is 0 Å². The van der Waals surface area contributed by atoms with Crippen LogP contribution in [-0.4, -0.2) is 36.6 Å². The summed E-state index contributed by atoms with van der Waals surface area (Å²) in [6, 6.07) is 8.59. The number of anilines is 1. The van der Waals surface area contributed by atoms with Crippen molar-refractivity contribution in [2.75, 3.05) is 17.3 Å². The molecule has 4 rings (SSSR count). The van der Waals surface area contributed by atoms with Crippen LogP contribution in [0.4, 0.5) is 5.69 Å². The number of sulfone groups is 1. The second-order valence-corrected chi connectivity index (χ2v) is 9.60. The van der Waals surface area contributed by atoms with Gasteiger partial charge in [-0.05, 0) is 37.3 Å². The van der Waals surface area contributed by atoms with Gasteiger partial charge in [0.2, 0.25) is 5.89 Å². The Hall–Kier alpha value is -1.89. The number of fused-ring (bicyclic) bond motifs is 1. The van der Waals surface area contributed by atoms with E-state index in [2.05, 4.69) is 33.7 Å². The molecule has 0 spiro atoms. The van der Waals surface area contributed by atoms with E-state index in [1.165, 1.54) is 17.5 Å². The molecule has 1 fully saturated rings. The number of rotatable bonds is 5. The zero-order valence-electron chi connectivity index (χ0n) is 14.4. The average molecular weight is 361 g/mol. The fourth-order valence-electron chi connectivity index (χ4n) is 3.96. The van der Waals surface area contributed by atoms with Crippen molar-refractivity contribution in [1.29, 1.82) is 0 Å². The van der Waals surface area contributed by atoms with Crippen LogP contribution in [0.25, 0.3) is 0 Å². The first kappa shape index (κ1) is 16.6. The molecule has 1 atom stereocenters. The molecular weight excluding hydrogens is 338 g/mol. The quantitative estimate of drug-likeness (QED) is 0.881. The predicted octanol–water partition coefficient (Wildman–Crippen LogP) is 2.51. The van der Waals surface area contributed by atoms with Gasteiger partial charge in [-0.2, -0.15) is 4.98 Å². The number of nitrogens with one attached hydrogen (secondary N) is 1. The maximum absolute atomic E-state index is 11.8. The minimum atomic E-state index is -3.08. The molecule has 0 saturated heterocycles. The Morgan fingerprint density at radius 2 is 2.12 bits per heavy atom. The van der Waals surface area contributed by atoms with E-state index in [4.69, 9.17) is 4.52 Å². The van der Waals surface area contributed by atoms with Gasteiger partial charge < -0.3 is 9.84 Å². The Kier molecular flexibility index (Phi) is 4.06. The Morgan fingerprint density at radius 3 is 2.84 bits per heavy atom. The molecule has 2 aliphatic rings. The molecule has 1 aliphatic carbocycles. The van der Waals surface area contributed by atoms with Crippen LogP contribution in [0, 0.1) is 0 Å². The van der Waals surface area contributed by atoms with Gasteiger partial charge in [0.15, 0.2) is 5.82 Å². The molecule has 0 radical (unpaired) electrons. The van der Waals surface area contributed by atoms with Crippen molar-refractivity contribution in [3.8, 4) is 0 Å². The van der Waals surface area contributed by atoms with E-state index in [0.29, 0.717) is 18.1 Å². The van der Waals surface area contributed by atoms with Crippen LogP contribution in [0.3, 0.4) is 0 Å². The maximum Gasteiger partial charge on any atom is 0.228 e. The largest absolute Gasteiger partial charge is 0.382 e. The molecular formula is C18H23N3O3S. The van der Waals surface area contributed by atoms with Gasteiger partial charge in [-0.25, -0.2) is 8.42 Å². The van der Waals surface area contributed by atoms with Crippen molar-refractivity contribution in [2.24, 2.45) is 0 Å². The van der Waals surface area contributed by atoms with E-state index >= 15 is 0 Å². The van der Waals surface area contributed by atoms with E-state index < -0.39 is 15.3 Å². The van der Waals surface area contributed by atoms with Gasteiger partial charge in [0.25, 0.3) is 0 Å². The number of aromatic nitrogens is 2. The summed E-state index contributed by atoms with van der Waals surface area (Å²) < 4.78 is 29.0. The number of benzene rings is 1. The van der Waals surface area contributed by atoms with Crippen LogP contribution >= 0.6 is 0 Å². The fraction of sp³-hybridized carbons (Fsp3) is 0.556. The second-order valence-electron chi connectivity index (χ2n) is 7.46. The monoisotopic (exact) mass is 361 g/mol. The molecule has 1 aromatic heterocycles. The first-order valence-corrected chi connectivity index (χ1v) is 10.8. The van der Waals surface area contributed by atoms with Gasteiger partial charge >= 0.3 is 0 Å².